The molecule has 1 aromatic carbocycles. The van der Waals surface area contributed by atoms with Crippen LogP contribution in [0.25, 0.3) is 0 Å². The first kappa shape index (κ1) is 12.6. The first-order valence-corrected chi connectivity index (χ1v) is 6.85. The molecule has 1 aliphatic carbocycles. The summed E-state index contributed by atoms with van der Waals surface area (Å²) in [6.07, 6.45) is 0. The minimum Gasteiger partial charge on any atom is -0.396 e. The van der Waals surface area contributed by atoms with Crippen molar-refractivity contribution in [2.45, 2.75) is 5.92 Å². The lowest BCUT2D eigenvalue weighted by Gasteiger charge is -2.27. The Morgan fingerprint density at radius 2 is 1.95 bits per heavy atom. The van der Waals surface area contributed by atoms with Crippen molar-refractivity contribution in [1.82, 2.24) is 4.90 Å². The van der Waals surface area contributed by atoms with Gasteiger partial charge >= 0.3 is 0 Å². The van der Waals surface area contributed by atoms with E-state index in [1.807, 2.05) is 35.2 Å². The van der Waals surface area contributed by atoms with Gasteiger partial charge in [-0.3, -0.25) is 4.79 Å². The van der Waals surface area contributed by atoms with Crippen LogP contribution in [0.15, 0.2) is 30.3 Å². The molecule has 1 aromatic rings. The van der Waals surface area contributed by atoms with E-state index >= 15 is 0 Å². The topological polar surface area (TPSA) is 49.8 Å². The summed E-state index contributed by atoms with van der Waals surface area (Å²) in [5, 5.41) is 9.46. The lowest BCUT2D eigenvalue weighted by molar-refractivity contribution is -0.137. The van der Waals surface area contributed by atoms with E-state index < -0.39 is 0 Å². The maximum atomic E-state index is 12.5. The Kier molecular flexibility index (Phi) is 3.53. The number of carbonyl (C=O) groups is 1. The minimum atomic E-state index is -0.0505. The van der Waals surface area contributed by atoms with Crippen molar-refractivity contribution >= 4 is 5.91 Å². The van der Waals surface area contributed by atoms with Crippen molar-refractivity contribution in [1.29, 1.82) is 0 Å². The molecule has 0 bridgehead atoms. The molecule has 4 heteroatoms. The lowest BCUT2D eigenvalue weighted by atomic mass is 10.1. The summed E-state index contributed by atoms with van der Waals surface area (Å²) in [4.78, 5) is 14.3. The smallest absolute Gasteiger partial charge is 0.226 e. The van der Waals surface area contributed by atoms with Crippen molar-refractivity contribution in [2.75, 3.05) is 32.9 Å². The third-order valence-corrected chi connectivity index (χ3v) is 4.17. The molecule has 0 radical (unpaired) electrons. The largest absolute Gasteiger partial charge is 0.396 e. The van der Waals surface area contributed by atoms with Crippen LogP contribution >= 0.6 is 0 Å². The molecule has 2 fully saturated rings. The first-order chi connectivity index (χ1) is 9.33. The maximum Gasteiger partial charge on any atom is 0.226 e. The van der Waals surface area contributed by atoms with Gasteiger partial charge in [-0.05, 0) is 5.56 Å². The SMILES string of the molecule is O=C([C@@H]1[C@H](CO)[C@@H]1c1ccccc1)N1CCOCC1. The number of aliphatic hydroxyl groups excluding tert-OH is 1. The molecule has 102 valence electrons. The zero-order valence-electron chi connectivity index (χ0n) is 10.9. The monoisotopic (exact) mass is 261 g/mol. The van der Waals surface area contributed by atoms with E-state index in [0.29, 0.717) is 26.3 Å². The van der Waals surface area contributed by atoms with Crippen LogP contribution in [0.3, 0.4) is 0 Å². The molecule has 0 spiro atoms. The molecule has 2 aliphatic rings. The van der Waals surface area contributed by atoms with E-state index in [1.54, 1.807) is 0 Å². The van der Waals surface area contributed by atoms with Gasteiger partial charge in [-0.15, -0.1) is 0 Å². The molecule has 0 unspecified atom stereocenters. The molecule has 3 rings (SSSR count). The normalized spacial score (nSPS) is 30.2. The molecule has 19 heavy (non-hydrogen) atoms. The Bertz CT molecular complexity index is 442. The minimum absolute atomic E-state index is 0.0505. The fourth-order valence-electron chi connectivity index (χ4n) is 3.06. The Balaban J connectivity index is 1.72. The van der Waals surface area contributed by atoms with Crippen LogP contribution in [0.1, 0.15) is 11.5 Å². The molecule has 1 aliphatic heterocycles. The highest BCUT2D eigenvalue weighted by molar-refractivity contribution is 5.84. The predicted molar refractivity (Wildman–Crippen MR) is 70.6 cm³/mol. The number of aliphatic hydroxyl groups is 1. The van der Waals surface area contributed by atoms with Gasteiger partial charge in [0, 0.05) is 31.5 Å². The van der Waals surface area contributed by atoms with Crippen molar-refractivity contribution < 1.29 is 14.6 Å². The van der Waals surface area contributed by atoms with Gasteiger partial charge < -0.3 is 14.7 Å². The highest BCUT2D eigenvalue weighted by atomic mass is 16.5. The summed E-state index contributed by atoms with van der Waals surface area (Å²) in [6, 6.07) is 10.0. The third-order valence-electron chi connectivity index (χ3n) is 4.17. The Morgan fingerprint density at radius 1 is 1.26 bits per heavy atom. The molecule has 1 heterocycles. The highest BCUT2D eigenvalue weighted by Crippen LogP contribution is 2.54. The molecule has 3 atom stereocenters. The molecule has 1 saturated heterocycles. The van der Waals surface area contributed by atoms with Gasteiger partial charge in [-0.2, -0.15) is 0 Å². The molecule has 1 amide bonds. The zero-order chi connectivity index (χ0) is 13.2. The van der Waals surface area contributed by atoms with Crippen LogP contribution in [0.5, 0.6) is 0 Å². The second-order valence-corrected chi connectivity index (χ2v) is 5.25. The highest BCUT2D eigenvalue weighted by Gasteiger charge is 2.55. The summed E-state index contributed by atoms with van der Waals surface area (Å²) >= 11 is 0. The number of rotatable bonds is 3. The molecule has 0 aromatic heterocycles. The number of hydrogen-bond donors (Lipinski definition) is 1. The number of hydrogen-bond acceptors (Lipinski definition) is 3. The number of carbonyl (C=O) groups excluding carboxylic acids is 1. The second-order valence-electron chi connectivity index (χ2n) is 5.25. The molecular weight excluding hydrogens is 242 g/mol. The standard InChI is InChI=1S/C15H19NO3/c17-10-12-13(11-4-2-1-3-5-11)14(12)15(18)16-6-8-19-9-7-16/h1-5,12-14,17H,6-10H2/t12-,13+,14-/m1/s1. The summed E-state index contributed by atoms with van der Waals surface area (Å²) in [6.45, 7) is 2.68. The molecule has 4 nitrogen and oxygen atoms in total. The third kappa shape index (κ3) is 2.38. The van der Waals surface area contributed by atoms with Gasteiger partial charge in [0.25, 0.3) is 0 Å². The maximum absolute atomic E-state index is 12.5. The van der Waals surface area contributed by atoms with E-state index in [9.17, 15) is 9.90 Å². The second kappa shape index (κ2) is 5.31. The number of nitrogens with zero attached hydrogens (tertiary/aromatic N) is 1. The van der Waals surface area contributed by atoms with E-state index in [1.165, 1.54) is 0 Å². The number of morpholine rings is 1. The van der Waals surface area contributed by atoms with Crippen LogP contribution in [-0.2, 0) is 9.53 Å². The van der Waals surface area contributed by atoms with Gasteiger partial charge in [-0.25, -0.2) is 0 Å². The molecular formula is C15H19NO3. The van der Waals surface area contributed by atoms with E-state index in [2.05, 4.69) is 0 Å². The zero-order valence-corrected chi connectivity index (χ0v) is 10.9. The van der Waals surface area contributed by atoms with Gasteiger partial charge in [0.15, 0.2) is 0 Å². The average molecular weight is 261 g/mol. The van der Waals surface area contributed by atoms with Gasteiger partial charge in [-0.1, -0.05) is 30.3 Å². The number of amides is 1. The number of ether oxygens (including phenoxy) is 1. The lowest BCUT2D eigenvalue weighted by Crippen LogP contribution is -2.42. The summed E-state index contributed by atoms with van der Waals surface area (Å²) in [5.41, 5.74) is 1.16. The Morgan fingerprint density at radius 3 is 2.58 bits per heavy atom. The van der Waals surface area contributed by atoms with Crippen LogP contribution in [0.4, 0.5) is 0 Å². The van der Waals surface area contributed by atoms with Crippen LogP contribution in [-0.4, -0.2) is 48.8 Å². The fourth-order valence-corrected chi connectivity index (χ4v) is 3.06. The first-order valence-electron chi connectivity index (χ1n) is 6.85. The van der Waals surface area contributed by atoms with E-state index in [4.69, 9.17) is 4.74 Å². The van der Waals surface area contributed by atoms with E-state index in [-0.39, 0.29) is 30.3 Å². The van der Waals surface area contributed by atoms with Crippen molar-refractivity contribution in [3.8, 4) is 0 Å². The average Bonchev–Trinajstić information content (AvgIpc) is 3.22. The molecule has 1 saturated carbocycles. The predicted octanol–water partition coefficient (Wildman–Crippen LogP) is 0.867. The van der Waals surface area contributed by atoms with Gasteiger partial charge in [0.05, 0.1) is 19.1 Å². The quantitative estimate of drug-likeness (QED) is 0.878. The van der Waals surface area contributed by atoms with E-state index in [0.717, 1.165) is 5.56 Å². The fraction of sp³-hybridized carbons (Fsp3) is 0.533. The van der Waals surface area contributed by atoms with Crippen LogP contribution in [0, 0.1) is 11.8 Å². The summed E-state index contributed by atoms with van der Waals surface area (Å²) < 4.78 is 5.27. The van der Waals surface area contributed by atoms with Crippen molar-refractivity contribution in [3.63, 3.8) is 0 Å². The van der Waals surface area contributed by atoms with Gasteiger partial charge in [0.2, 0.25) is 5.91 Å². The molecule has 1 N–H and O–H groups in total. The Labute approximate surface area is 113 Å². The van der Waals surface area contributed by atoms with Crippen LogP contribution < -0.4 is 0 Å². The van der Waals surface area contributed by atoms with Crippen molar-refractivity contribution in [2.24, 2.45) is 11.8 Å². The summed E-state index contributed by atoms with van der Waals surface area (Å²) in [5.74, 6) is 0.390. The van der Waals surface area contributed by atoms with Gasteiger partial charge in [0.1, 0.15) is 0 Å². The summed E-state index contributed by atoms with van der Waals surface area (Å²) in [7, 11) is 0. The number of benzene rings is 1. The van der Waals surface area contributed by atoms with Crippen LogP contribution in [0.2, 0.25) is 0 Å². The van der Waals surface area contributed by atoms with Crippen molar-refractivity contribution in [3.05, 3.63) is 35.9 Å². The Hall–Kier alpha value is -1.39.